The third-order valence-electron chi connectivity index (χ3n) is 2.31. The quantitative estimate of drug-likeness (QED) is 0.743. The SMILES string of the molecule is Cc1nc(CCNCC(O)COC(C)(C)C)cs1. The predicted octanol–water partition coefficient (Wildman–Crippen LogP) is 1.76. The molecule has 0 aliphatic heterocycles. The maximum atomic E-state index is 9.71. The van der Waals surface area contributed by atoms with E-state index >= 15 is 0 Å². The summed E-state index contributed by atoms with van der Waals surface area (Å²) in [6, 6.07) is 0. The molecule has 0 spiro atoms. The van der Waals surface area contributed by atoms with Gasteiger partial charge in [0.25, 0.3) is 0 Å². The van der Waals surface area contributed by atoms with Crippen LogP contribution >= 0.6 is 11.3 Å². The minimum absolute atomic E-state index is 0.195. The maximum Gasteiger partial charge on any atom is 0.0897 e. The van der Waals surface area contributed by atoms with Gasteiger partial charge in [0.2, 0.25) is 0 Å². The lowest BCUT2D eigenvalue weighted by Gasteiger charge is -2.22. The van der Waals surface area contributed by atoms with Gasteiger partial charge < -0.3 is 15.2 Å². The van der Waals surface area contributed by atoms with E-state index in [-0.39, 0.29) is 5.60 Å². The summed E-state index contributed by atoms with van der Waals surface area (Å²) in [5.41, 5.74) is 0.921. The molecular weight excluding hydrogens is 248 g/mol. The smallest absolute Gasteiger partial charge is 0.0897 e. The van der Waals surface area contributed by atoms with Gasteiger partial charge in [-0.05, 0) is 27.7 Å². The summed E-state index contributed by atoms with van der Waals surface area (Å²) >= 11 is 1.67. The number of aliphatic hydroxyl groups is 1. The van der Waals surface area contributed by atoms with Crippen LogP contribution in [0.25, 0.3) is 0 Å². The molecule has 2 N–H and O–H groups in total. The second-order valence-corrected chi connectivity index (χ2v) is 6.45. The lowest BCUT2D eigenvalue weighted by molar-refractivity contribution is -0.0477. The first-order valence-electron chi connectivity index (χ1n) is 6.30. The van der Waals surface area contributed by atoms with Crippen molar-refractivity contribution in [2.24, 2.45) is 0 Å². The van der Waals surface area contributed by atoms with E-state index in [1.54, 1.807) is 11.3 Å². The van der Waals surface area contributed by atoms with Gasteiger partial charge >= 0.3 is 0 Å². The summed E-state index contributed by atoms with van der Waals surface area (Å²) in [4.78, 5) is 4.39. The van der Waals surface area contributed by atoms with Crippen LogP contribution in [0.2, 0.25) is 0 Å². The monoisotopic (exact) mass is 272 g/mol. The maximum absolute atomic E-state index is 9.71. The largest absolute Gasteiger partial charge is 0.389 e. The number of hydrogen-bond donors (Lipinski definition) is 2. The molecule has 4 nitrogen and oxygen atoms in total. The lowest BCUT2D eigenvalue weighted by Crippen LogP contribution is -2.34. The summed E-state index contributed by atoms with van der Waals surface area (Å²) in [6.07, 6.45) is 0.443. The molecule has 104 valence electrons. The Hall–Kier alpha value is -0.490. The minimum Gasteiger partial charge on any atom is -0.389 e. The third-order valence-corrected chi connectivity index (χ3v) is 3.14. The van der Waals surface area contributed by atoms with E-state index in [0.29, 0.717) is 13.2 Å². The molecule has 0 aliphatic rings. The molecule has 1 unspecified atom stereocenters. The normalized spacial score (nSPS) is 13.8. The Bertz CT molecular complexity index is 347. The molecular formula is C13H24N2O2S. The standard InChI is InChI=1S/C13H24N2O2S/c1-10-15-11(9-18-10)5-6-14-7-12(16)8-17-13(2,3)4/h9,12,14,16H,5-8H2,1-4H3. The van der Waals surface area contributed by atoms with Crippen molar-refractivity contribution >= 4 is 11.3 Å². The first-order valence-corrected chi connectivity index (χ1v) is 7.18. The van der Waals surface area contributed by atoms with Gasteiger partial charge in [0.1, 0.15) is 0 Å². The molecule has 5 heteroatoms. The Morgan fingerprint density at radius 1 is 1.50 bits per heavy atom. The molecule has 0 radical (unpaired) electrons. The number of rotatable bonds is 7. The van der Waals surface area contributed by atoms with Crippen LogP contribution in [0.15, 0.2) is 5.38 Å². The highest BCUT2D eigenvalue weighted by Crippen LogP contribution is 2.08. The summed E-state index contributed by atoms with van der Waals surface area (Å²) in [7, 11) is 0. The molecule has 0 saturated carbocycles. The number of aromatic nitrogens is 1. The van der Waals surface area contributed by atoms with Crippen LogP contribution in [0.4, 0.5) is 0 Å². The molecule has 0 saturated heterocycles. The molecule has 1 aromatic heterocycles. The number of nitrogens with zero attached hydrogens (tertiary/aromatic N) is 1. The molecule has 0 bridgehead atoms. The van der Waals surface area contributed by atoms with Gasteiger partial charge in [-0.3, -0.25) is 0 Å². The van der Waals surface area contributed by atoms with E-state index in [0.717, 1.165) is 23.7 Å². The van der Waals surface area contributed by atoms with Crippen molar-refractivity contribution in [1.82, 2.24) is 10.3 Å². The van der Waals surface area contributed by atoms with Gasteiger partial charge in [0, 0.05) is 24.9 Å². The first-order chi connectivity index (χ1) is 8.37. The van der Waals surface area contributed by atoms with Crippen LogP contribution in [0.3, 0.4) is 0 Å². The van der Waals surface area contributed by atoms with Crippen LogP contribution in [0.1, 0.15) is 31.5 Å². The lowest BCUT2D eigenvalue weighted by atomic mass is 10.2. The zero-order valence-corrected chi connectivity index (χ0v) is 12.5. The predicted molar refractivity (Wildman–Crippen MR) is 75.1 cm³/mol. The highest BCUT2D eigenvalue weighted by molar-refractivity contribution is 7.09. The zero-order valence-electron chi connectivity index (χ0n) is 11.7. The van der Waals surface area contributed by atoms with Gasteiger partial charge in [-0.15, -0.1) is 11.3 Å². The first kappa shape index (κ1) is 15.6. The van der Waals surface area contributed by atoms with Crippen molar-refractivity contribution in [2.75, 3.05) is 19.7 Å². The van der Waals surface area contributed by atoms with E-state index < -0.39 is 6.10 Å². The van der Waals surface area contributed by atoms with Crippen LogP contribution < -0.4 is 5.32 Å². The number of nitrogens with one attached hydrogen (secondary N) is 1. The third kappa shape index (κ3) is 7.06. The van der Waals surface area contributed by atoms with Gasteiger partial charge in [0.05, 0.1) is 29.0 Å². The second kappa shape index (κ2) is 7.19. The van der Waals surface area contributed by atoms with Crippen molar-refractivity contribution in [3.05, 3.63) is 16.1 Å². The van der Waals surface area contributed by atoms with E-state index in [4.69, 9.17) is 4.74 Å². The van der Waals surface area contributed by atoms with E-state index in [1.807, 2.05) is 27.7 Å². The topological polar surface area (TPSA) is 54.4 Å². The molecule has 1 rings (SSSR count). The molecule has 18 heavy (non-hydrogen) atoms. The van der Waals surface area contributed by atoms with E-state index in [1.165, 1.54) is 0 Å². The van der Waals surface area contributed by atoms with Gasteiger partial charge in [-0.2, -0.15) is 0 Å². The molecule has 0 amide bonds. The Morgan fingerprint density at radius 2 is 2.22 bits per heavy atom. The summed E-state index contributed by atoms with van der Waals surface area (Å²) in [5.74, 6) is 0. The Morgan fingerprint density at radius 3 is 2.78 bits per heavy atom. The van der Waals surface area contributed by atoms with Crippen molar-refractivity contribution in [3.8, 4) is 0 Å². The van der Waals surface area contributed by atoms with Crippen molar-refractivity contribution in [3.63, 3.8) is 0 Å². The van der Waals surface area contributed by atoms with Crippen LogP contribution in [-0.4, -0.2) is 41.5 Å². The number of aliphatic hydroxyl groups excluding tert-OH is 1. The van der Waals surface area contributed by atoms with Gasteiger partial charge in [-0.25, -0.2) is 4.98 Å². The fourth-order valence-electron chi connectivity index (χ4n) is 1.41. The van der Waals surface area contributed by atoms with Crippen molar-refractivity contribution in [2.45, 2.75) is 45.8 Å². The fourth-order valence-corrected chi connectivity index (χ4v) is 2.06. The van der Waals surface area contributed by atoms with Crippen molar-refractivity contribution in [1.29, 1.82) is 0 Å². The Labute approximate surface area is 113 Å². The second-order valence-electron chi connectivity index (χ2n) is 5.39. The van der Waals surface area contributed by atoms with Crippen molar-refractivity contribution < 1.29 is 9.84 Å². The van der Waals surface area contributed by atoms with E-state index in [9.17, 15) is 5.11 Å². The average molecular weight is 272 g/mol. The van der Waals surface area contributed by atoms with Crippen LogP contribution in [0, 0.1) is 6.92 Å². The molecule has 0 aliphatic carbocycles. The molecule has 1 aromatic rings. The summed E-state index contributed by atoms with van der Waals surface area (Å²) < 4.78 is 5.51. The molecule has 0 fully saturated rings. The number of aryl methyl sites for hydroxylation is 1. The minimum atomic E-state index is -0.457. The van der Waals surface area contributed by atoms with Crippen LogP contribution in [-0.2, 0) is 11.2 Å². The summed E-state index contributed by atoms with van der Waals surface area (Å²) in [6.45, 7) is 9.71. The van der Waals surface area contributed by atoms with E-state index in [2.05, 4.69) is 15.7 Å². The zero-order chi connectivity index (χ0) is 13.6. The number of thiazole rings is 1. The Kier molecular flexibility index (Phi) is 6.21. The number of hydrogen-bond acceptors (Lipinski definition) is 5. The highest BCUT2D eigenvalue weighted by atomic mass is 32.1. The highest BCUT2D eigenvalue weighted by Gasteiger charge is 2.13. The fraction of sp³-hybridized carbons (Fsp3) is 0.769. The van der Waals surface area contributed by atoms with Gasteiger partial charge in [0.15, 0.2) is 0 Å². The van der Waals surface area contributed by atoms with Crippen LogP contribution in [0.5, 0.6) is 0 Å². The summed E-state index contributed by atoms with van der Waals surface area (Å²) in [5, 5.41) is 16.1. The Balaban J connectivity index is 2.07. The molecule has 1 heterocycles. The molecule has 0 aromatic carbocycles. The van der Waals surface area contributed by atoms with Gasteiger partial charge in [-0.1, -0.05) is 0 Å². The molecule has 1 atom stereocenters. The number of ether oxygens (including phenoxy) is 1. The average Bonchev–Trinajstić information content (AvgIpc) is 2.67.